The number of fused-ring (bicyclic) bond motifs is 1. The highest BCUT2D eigenvalue weighted by Gasteiger charge is 2.56. The number of methoxy groups -OCH3 is 1. The van der Waals surface area contributed by atoms with Gasteiger partial charge in [0.25, 0.3) is 0 Å². The molecule has 0 unspecified atom stereocenters. The van der Waals surface area contributed by atoms with E-state index >= 15 is 0 Å². The van der Waals surface area contributed by atoms with E-state index in [1.165, 1.54) is 7.11 Å². The number of hydrogen-bond acceptors (Lipinski definition) is 4. The summed E-state index contributed by atoms with van der Waals surface area (Å²) in [6, 6.07) is 26.6. The predicted octanol–water partition coefficient (Wildman–Crippen LogP) is 4.60. The number of benzene rings is 3. The Morgan fingerprint density at radius 3 is 2.23 bits per heavy atom. The topological polar surface area (TPSA) is 52.6 Å². The van der Waals surface area contributed by atoms with Gasteiger partial charge in [0.05, 0.1) is 7.11 Å². The first-order valence-corrected chi connectivity index (χ1v) is 9.75. The summed E-state index contributed by atoms with van der Waals surface area (Å²) in [6.45, 7) is 4.06. The van der Waals surface area contributed by atoms with Crippen LogP contribution in [0.5, 0.6) is 5.75 Å². The molecule has 4 heteroatoms. The van der Waals surface area contributed by atoms with Crippen molar-refractivity contribution < 1.29 is 19.1 Å². The summed E-state index contributed by atoms with van der Waals surface area (Å²) in [5.41, 5.74) is 1.58. The van der Waals surface area contributed by atoms with Gasteiger partial charge in [0.15, 0.2) is 0 Å². The van der Waals surface area contributed by atoms with Crippen molar-refractivity contribution in [2.45, 2.75) is 17.8 Å². The molecule has 1 aliphatic heterocycles. The number of carbonyl (C=O) groups excluding carboxylic acids is 2. The number of carbonyl (C=O) groups is 2. The normalized spacial score (nSPS) is 18.2. The van der Waals surface area contributed by atoms with Crippen molar-refractivity contribution in [3.05, 3.63) is 114 Å². The molecule has 3 aromatic carbocycles. The van der Waals surface area contributed by atoms with Gasteiger partial charge in [-0.2, -0.15) is 0 Å². The van der Waals surface area contributed by atoms with Crippen molar-refractivity contribution in [2.24, 2.45) is 0 Å². The monoisotopic (exact) mass is 398 g/mol. The Balaban J connectivity index is 1.99. The summed E-state index contributed by atoms with van der Waals surface area (Å²) < 4.78 is 10.7. The molecule has 0 spiro atoms. The maximum Gasteiger partial charge on any atom is 0.333 e. The molecule has 30 heavy (non-hydrogen) atoms. The molecule has 0 radical (unpaired) electrons. The van der Waals surface area contributed by atoms with E-state index in [2.05, 4.69) is 6.58 Å². The highest BCUT2D eigenvalue weighted by Crippen LogP contribution is 2.53. The summed E-state index contributed by atoms with van der Waals surface area (Å²) in [5.74, 6) is -1.08. The Morgan fingerprint density at radius 2 is 1.57 bits per heavy atom. The van der Waals surface area contributed by atoms with Crippen LogP contribution in [0, 0.1) is 0 Å². The number of rotatable bonds is 6. The smallest absolute Gasteiger partial charge is 0.333 e. The van der Waals surface area contributed by atoms with Crippen LogP contribution >= 0.6 is 0 Å². The Hall–Kier alpha value is -3.66. The molecule has 150 valence electrons. The standard InChI is InChI=1S/C26H22O4/c1-18(24(27)29-2)23(20-13-7-4-8-14-20)26(17-19-11-5-3-6-12-19)21-15-9-10-16-22(21)30-25(26)28/h3-16,23H,1,17H2,2H3/t23-,26-/m0/s1. The van der Waals surface area contributed by atoms with Crippen molar-refractivity contribution in [2.75, 3.05) is 7.11 Å². The maximum atomic E-state index is 13.6. The van der Waals surface area contributed by atoms with Gasteiger partial charge in [-0.25, -0.2) is 4.79 Å². The third kappa shape index (κ3) is 3.20. The second-order valence-electron chi connectivity index (χ2n) is 7.38. The molecule has 0 amide bonds. The van der Waals surface area contributed by atoms with Crippen LogP contribution in [0.3, 0.4) is 0 Å². The van der Waals surface area contributed by atoms with Crippen molar-refractivity contribution in [1.82, 2.24) is 0 Å². The number of esters is 2. The number of ether oxygens (including phenoxy) is 2. The summed E-state index contributed by atoms with van der Waals surface area (Å²) in [6.07, 6.45) is 0.360. The molecule has 0 bridgehead atoms. The second kappa shape index (κ2) is 7.99. The Labute approximate surface area is 175 Å². The predicted molar refractivity (Wildman–Crippen MR) is 114 cm³/mol. The summed E-state index contributed by atoms with van der Waals surface area (Å²) in [4.78, 5) is 26.2. The van der Waals surface area contributed by atoms with Gasteiger partial charge >= 0.3 is 11.9 Å². The first-order valence-electron chi connectivity index (χ1n) is 9.75. The number of hydrogen-bond donors (Lipinski definition) is 0. The van der Waals surface area contributed by atoms with Crippen LogP contribution < -0.4 is 4.74 Å². The van der Waals surface area contributed by atoms with Crippen LogP contribution in [0.1, 0.15) is 22.6 Å². The lowest BCUT2D eigenvalue weighted by Crippen LogP contribution is -2.44. The minimum Gasteiger partial charge on any atom is -0.466 e. The zero-order chi connectivity index (χ0) is 21.1. The van der Waals surface area contributed by atoms with Crippen molar-refractivity contribution in [1.29, 1.82) is 0 Å². The highest BCUT2D eigenvalue weighted by atomic mass is 16.5. The van der Waals surface area contributed by atoms with Gasteiger partial charge < -0.3 is 9.47 Å². The van der Waals surface area contributed by atoms with Gasteiger partial charge in [-0.15, -0.1) is 0 Å². The summed E-state index contributed by atoms with van der Waals surface area (Å²) in [7, 11) is 1.32. The van der Waals surface area contributed by atoms with E-state index in [0.717, 1.165) is 16.7 Å². The molecule has 0 saturated heterocycles. The molecule has 2 atom stereocenters. The van der Waals surface area contributed by atoms with Gasteiger partial charge in [0, 0.05) is 17.1 Å². The van der Waals surface area contributed by atoms with Crippen LogP contribution in [-0.2, 0) is 26.2 Å². The van der Waals surface area contributed by atoms with E-state index in [4.69, 9.17) is 9.47 Å². The molecule has 0 N–H and O–H groups in total. The Morgan fingerprint density at radius 1 is 0.967 bits per heavy atom. The van der Waals surface area contributed by atoms with Crippen LogP contribution in [-0.4, -0.2) is 19.0 Å². The second-order valence-corrected chi connectivity index (χ2v) is 7.38. The molecule has 0 fully saturated rings. The van der Waals surface area contributed by atoms with Crippen LogP contribution in [0.15, 0.2) is 97.1 Å². The van der Waals surface area contributed by atoms with E-state index in [1.807, 2.05) is 78.9 Å². The van der Waals surface area contributed by atoms with Gasteiger partial charge in [-0.1, -0.05) is 85.4 Å². The molecular weight excluding hydrogens is 376 g/mol. The Kier molecular flexibility index (Phi) is 5.23. The average molecular weight is 398 g/mol. The third-order valence-electron chi connectivity index (χ3n) is 5.68. The fourth-order valence-electron chi connectivity index (χ4n) is 4.36. The molecule has 0 saturated carbocycles. The zero-order valence-electron chi connectivity index (χ0n) is 16.7. The van der Waals surface area contributed by atoms with E-state index in [9.17, 15) is 9.59 Å². The van der Waals surface area contributed by atoms with E-state index < -0.39 is 23.3 Å². The summed E-state index contributed by atoms with van der Waals surface area (Å²) in [5, 5.41) is 0. The summed E-state index contributed by atoms with van der Waals surface area (Å²) >= 11 is 0. The fourth-order valence-corrected chi connectivity index (χ4v) is 4.36. The first kappa shape index (κ1) is 19.6. The molecular formula is C26H22O4. The largest absolute Gasteiger partial charge is 0.466 e. The van der Waals surface area contributed by atoms with E-state index in [-0.39, 0.29) is 5.57 Å². The minimum absolute atomic E-state index is 0.216. The molecule has 0 aliphatic carbocycles. The maximum absolute atomic E-state index is 13.6. The first-order chi connectivity index (χ1) is 14.6. The van der Waals surface area contributed by atoms with Crippen molar-refractivity contribution >= 4 is 11.9 Å². The average Bonchev–Trinajstić information content (AvgIpc) is 3.06. The van der Waals surface area contributed by atoms with Gasteiger partial charge in [-0.3, -0.25) is 4.79 Å². The molecule has 4 rings (SSSR count). The molecule has 0 aromatic heterocycles. The molecule has 1 aliphatic rings. The van der Waals surface area contributed by atoms with E-state index in [1.54, 1.807) is 6.07 Å². The van der Waals surface area contributed by atoms with Crippen molar-refractivity contribution in [3.63, 3.8) is 0 Å². The lowest BCUT2D eigenvalue weighted by molar-refractivity contribution is -0.140. The van der Waals surface area contributed by atoms with Gasteiger partial charge in [0.2, 0.25) is 0 Å². The zero-order valence-corrected chi connectivity index (χ0v) is 16.7. The van der Waals surface area contributed by atoms with E-state index in [0.29, 0.717) is 12.2 Å². The SMILES string of the molecule is C=C(C(=O)OC)[C@@H](c1ccccc1)[C@@]1(Cc2ccccc2)C(=O)Oc2ccccc21. The van der Waals surface area contributed by atoms with Crippen molar-refractivity contribution in [3.8, 4) is 5.75 Å². The molecule has 1 heterocycles. The highest BCUT2D eigenvalue weighted by molar-refractivity contribution is 5.97. The fraction of sp³-hybridized carbons (Fsp3) is 0.154. The lowest BCUT2D eigenvalue weighted by Gasteiger charge is -2.36. The lowest BCUT2D eigenvalue weighted by atomic mass is 9.62. The third-order valence-corrected chi connectivity index (χ3v) is 5.68. The molecule has 3 aromatic rings. The van der Waals surface area contributed by atoms with Gasteiger partial charge in [0.1, 0.15) is 11.2 Å². The quantitative estimate of drug-likeness (QED) is 0.346. The van der Waals surface area contributed by atoms with Crippen LogP contribution in [0.4, 0.5) is 0 Å². The van der Waals surface area contributed by atoms with Gasteiger partial charge in [-0.05, 0) is 23.6 Å². The van der Waals surface area contributed by atoms with Crippen LogP contribution in [0.2, 0.25) is 0 Å². The van der Waals surface area contributed by atoms with Crippen LogP contribution in [0.25, 0.3) is 0 Å². The number of para-hydroxylation sites is 1. The minimum atomic E-state index is -1.15. The Bertz CT molecular complexity index is 1090. The molecule has 4 nitrogen and oxygen atoms in total.